The molecule has 0 aromatic carbocycles. The molecule has 0 amide bonds. The summed E-state index contributed by atoms with van der Waals surface area (Å²) in [5.74, 6) is 0. The van der Waals surface area contributed by atoms with E-state index in [-0.39, 0.29) is 0 Å². The van der Waals surface area contributed by atoms with Crippen LogP contribution in [0.15, 0.2) is 29.5 Å². The Bertz CT molecular complexity index is 353. The molecule has 0 aliphatic carbocycles. The van der Waals surface area contributed by atoms with Crippen LogP contribution in [0.5, 0.6) is 0 Å². The van der Waals surface area contributed by atoms with Crippen LogP contribution in [-0.2, 0) is 0 Å². The van der Waals surface area contributed by atoms with Crippen molar-refractivity contribution >= 4 is 5.71 Å². The number of hydrogen-bond acceptors (Lipinski definition) is 4. The van der Waals surface area contributed by atoms with Gasteiger partial charge in [-0.1, -0.05) is 6.07 Å². The van der Waals surface area contributed by atoms with Gasteiger partial charge in [0.25, 0.3) is 0 Å². The molecule has 2 heterocycles. The lowest BCUT2D eigenvalue weighted by molar-refractivity contribution is 0.159. The van der Waals surface area contributed by atoms with Gasteiger partial charge in [0.1, 0.15) is 0 Å². The topological polar surface area (TPSA) is 31.7 Å². The highest BCUT2D eigenvalue weighted by Crippen LogP contribution is 2.03. The van der Waals surface area contributed by atoms with E-state index >= 15 is 0 Å². The summed E-state index contributed by atoms with van der Waals surface area (Å²) in [5.41, 5.74) is 1.95. The average molecular weight is 218 g/mol. The van der Waals surface area contributed by atoms with Crippen LogP contribution in [0.2, 0.25) is 0 Å². The first-order chi connectivity index (χ1) is 7.75. The molecule has 0 atom stereocenters. The van der Waals surface area contributed by atoms with Crippen molar-refractivity contribution in [1.29, 1.82) is 0 Å². The van der Waals surface area contributed by atoms with Crippen molar-refractivity contribution in [2.45, 2.75) is 6.92 Å². The first-order valence-electron chi connectivity index (χ1n) is 5.66. The minimum atomic E-state index is 0.960. The van der Waals surface area contributed by atoms with Crippen molar-refractivity contribution < 1.29 is 0 Å². The van der Waals surface area contributed by atoms with Crippen LogP contribution in [-0.4, -0.2) is 53.8 Å². The number of piperazine rings is 1. The second-order valence-electron chi connectivity index (χ2n) is 4.16. The molecule has 1 aliphatic heterocycles. The summed E-state index contributed by atoms with van der Waals surface area (Å²) in [4.78, 5) is 6.61. The molecule has 1 aliphatic rings. The smallest absolute Gasteiger partial charge is 0.0859 e. The Kier molecular flexibility index (Phi) is 3.51. The second-order valence-corrected chi connectivity index (χ2v) is 4.16. The summed E-state index contributed by atoms with van der Waals surface area (Å²) >= 11 is 0. The first kappa shape index (κ1) is 11.1. The number of hydrazone groups is 1. The Labute approximate surface area is 96.6 Å². The number of likely N-dealkylation sites (N-methyl/N-ethyl adjacent to an activating group) is 1. The van der Waals surface area contributed by atoms with E-state index in [4.69, 9.17) is 0 Å². The minimum absolute atomic E-state index is 0.960. The van der Waals surface area contributed by atoms with Crippen molar-refractivity contribution in [3.05, 3.63) is 30.1 Å². The van der Waals surface area contributed by atoms with E-state index in [1.807, 2.05) is 25.1 Å². The van der Waals surface area contributed by atoms with Crippen molar-refractivity contribution in [3.8, 4) is 0 Å². The summed E-state index contributed by atoms with van der Waals surface area (Å²) in [6, 6.07) is 5.91. The quantitative estimate of drug-likeness (QED) is 0.695. The third kappa shape index (κ3) is 2.79. The number of aromatic nitrogens is 1. The van der Waals surface area contributed by atoms with Crippen LogP contribution in [0.4, 0.5) is 0 Å². The summed E-state index contributed by atoms with van der Waals surface area (Å²) < 4.78 is 0. The van der Waals surface area contributed by atoms with Crippen LogP contribution in [0, 0.1) is 0 Å². The van der Waals surface area contributed by atoms with E-state index in [0.717, 1.165) is 37.6 Å². The van der Waals surface area contributed by atoms with E-state index < -0.39 is 0 Å². The van der Waals surface area contributed by atoms with Gasteiger partial charge in [0.05, 0.1) is 11.4 Å². The van der Waals surface area contributed by atoms with Crippen molar-refractivity contribution in [2.24, 2.45) is 5.10 Å². The van der Waals surface area contributed by atoms with Gasteiger partial charge in [-0.15, -0.1) is 0 Å². The lowest BCUT2D eigenvalue weighted by atomic mass is 10.2. The number of pyridine rings is 1. The van der Waals surface area contributed by atoms with Gasteiger partial charge in [-0.2, -0.15) is 5.10 Å². The van der Waals surface area contributed by atoms with E-state index in [1.54, 1.807) is 6.20 Å². The zero-order chi connectivity index (χ0) is 11.4. The molecule has 2 rings (SSSR count). The van der Waals surface area contributed by atoms with E-state index in [2.05, 4.69) is 27.0 Å². The predicted octanol–water partition coefficient (Wildman–Crippen LogP) is 1.05. The first-order valence-corrected chi connectivity index (χ1v) is 5.66. The van der Waals surface area contributed by atoms with Crippen LogP contribution in [0.3, 0.4) is 0 Å². The van der Waals surface area contributed by atoms with Gasteiger partial charge in [-0.3, -0.25) is 9.99 Å². The summed E-state index contributed by atoms with van der Waals surface area (Å²) in [6.45, 7) is 6.18. The maximum Gasteiger partial charge on any atom is 0.0859 e. The molecule has 16 heavy (non-hydrogen) atoms. The fourth-order valence-corrected chi connectivity index (χ4v) is 1.74. The van der Waals surface area contributed by atoms with Crippen LogP contribution in [0.1, 0.15) is 12.6 Å². The molecule has 1 saturated heterocycles. The fraction of sp³-hybridized carbons (Fsp3) is 0.500. The van der Waals surface area contributed by atoms with Gasteiger partial charge in [0, 0.05) is 32.4 Å². The van der Waals surface area contributed by atoms with Gasteiger partial charge >= 0.3 is 0 Å². The SMILES string of the molecule is CC(=NN1CCN(C)CC1)c1ccccn1. The standard InChI is InChI=1S/C12H18N4/c1-11(12-5-3-4-6-13-12)14-16-9-7-15(2)8-10-16/h3-6H,7-10H2,1-2H3. The maximum absolute atomic E-state index is 4.60. The zero-order valence-corrected chi connectivity index (χ0v) is 9.93. The highest BCUT2D eigenvalue weighted by molar-refractivity contribution is 5.96. The van der Waals surface area contributed by atoms with Gasteiger partial charge < -0.3 is 4.90 Å². The lowest BCUT2D eigenvalue weighted by Crippen LogP contribution is -2.42. The van der Waals surface area contributed by atoms with Crippen molar-refractivity contribution in [2.75, 3.05) is 33.2 Å². The number of nitrogens with zero attached hydrogens (tertiary/aromatic N) is 4. The van der Waals surface area contributed by atoms with Gasteiger partial charge in [-0.05, 0) is 26.1 Å². The molecule has 86 valence electrons. The molecule has 0 saturated carbocycles. The molecular formula is C12H18N4. The minimum Gasteiger partial charge on any atom is -0.303 e. The predicted molar refractivity (Wildman–Crippen MR) is 65.5 cm³/mol. The van der Waals surface area contributed by atoms with Crippen LogP contribution in [0.25, 0.3) is 0 Å². The molecule has 0 N–H and O–H groups in total. The van der Waals surface area contributed by atoms with E-state index in [0.29, 0.717) is 0 Å². The molecule has 1 aromatic rings. The average Bonchev–Trinajstić information content (AvgIpc) is 2.33. The molecule has 0 spiro atoms. The molecule has 0 bridgehead atoms. The fourth-order valence-electron chi connectivity index (χ4n) is 1.74. The van der Waals surface area contributed by atoms with E-state index in [9.17, 15) is 0 Å². The normalized spacial score (nSPS) is 18.9. The van der Waals surface area contributed by atoms with Gasteiger partial charge in [0.15, 0.2) is 0 Å². The Hall–Kier alpha value is -1.42. The van der Waals surface area contributed by atoms with Gasteiger partial charge in [0.2, 0.25) is 0 Å². The monoisotopic (exact) mass is 218 g/mol. The summed E-state index contributed by atoms with van der Waals surface area (Å²) in [5, 5.41) is 6.73. The van der Waals surface area contributed by atoms with Crippen LogP contribution >= 0.6 is 0 Å². The number of hydrogen-bond donors (Lipinski definition) is 0. The van der Waals surface area contributed by atoms with E-state index in [1.165, 1.54) is 0 Å². The highest BCUT2D eigenvalue weighted by Gasteiger charge is 2.12. The third-order valence-electron chi connectivity index (χ3n) is 2.81. The Morgan fingerprint density at radius 2 is 2.00 bits per heavy atom. The zero-order valence-electron chi connectivity index (χ0n) is 9.93. The molecule has 4 nitrogen and oxygen atoms in total. The lowest BCUT2D eigenvalue weighted by Gasteiger charge is -2.30. The number of rotatable bonds is 2. The second kappa shape index (κ2) is 5.07. The summed E-state index contributed by atoms with van der Waals surface area (Å²) in [6.07, 6.45) is 1.80. The molecule has 1 aromatic heterocycles. The van der Waals surface area contributed by atoms with Crippen molar-refractivity contribution in [3.63, 3.8) is 0 Å². The molecule has 4 heteroatoms. The Balaban J connectivity index is 2.02. The van der Waals surface area contributed by atoms with Crippen LogP contribution < -0.4 is 0 Å². The maximum atomic E-state index is 4.60. The molecule has 0 radical (unpaired) electrons. The Morgan fingerprint density at radius 3 is 2.62 bits per heavy atom. The highest BCUT2D eigenvalue weighted by atomic mass is 15.5. The Morgan fingerprint density at radius 1 is 1.25 bits per heavy atom. The molecule has 0 unspecified atom stereocenters. The summed E-state index contributed by atoms with van der Waals surface area (Å²) in [7, 11) is 2.15. The molecule has 1 fully saturated rings. The molecular weight excluding hydrogens is 200 g/mol. The van der Waals surface area contributed by atoms with Gasteiger partial charge in [-0.25, -0.2) is 0 Å². The third-order valence-corrected chi connectivity index (χ3v) is 2.81. The van der Waals surface area contributed by atoms with Crippen molar-refractivity contribution in [1.82, 2.24) is 14.9 Å². The largest absolute Gasteiger partial charge is 0.303 e.